The lowest BCUT2D eigenvalue weighted by molar-refractivity contribution is -0.308. The molecule has 4 unspecified atom stereocenters. The Morgan fingerprint density at radius 1 is 1.00 bits per heavy atom. The molecular formula is C30H38N3O11P2S4-3. The van der Waals surface area contributed by atoms with Gasteiger partial charge in [0.05, 0.1) is 47.0 Å². The van der Waals surface area contributed by atoms with Crippen molar-refractivity contribution in [1.82, 2.24) is 10.2 Å². The first kappa shape index (κ1) is 45.4. The number of aliphatic imine (C=N–C) groups is 1. The number of ether oxygens (including phenoxy) is 1. The predicted molar refractivity (Wildman–Crippen MR) is 192 cm³/mol. The van der Waals surface area contributed by atoms with Crippen molar-refractivity contribution in [2.45, 2.75) is 76.1 Å². The van der Waals surface area contributed by atoms with Crippen molar-refractivity contribution in [3.63, 3.8) is 0 Å². The van der Waals surface area contributed by atoms with E-state index in [0.717, 1.165) is 25.3 Å². The topological polar surface area (TPSA) is 226 Å². The van der Waals surface area contributed by atoms with Crippen molar-refractivity contribution < 1.29 is 53.6 Å². The van der Waals surface area contributed by atoms with Crippen LogP contribution < -0.4 is 20.6 Å². The number of nitrogens with one attached hydrogen (secondary N) is 1. The summed E-state index contributed by atoms with van der Waals surface area (Å²) in [5.74, 6) is -5.79. The van der Waals surface area contributed by atoms with E-state index >= 15 is 0 Å². The molecule has 276 valence electrons. The molecule has 0 radical (unpaired) electrons. The number of amides is 2. The zero-order chi connectivity index (χ0) is 38.0. The number of ketones is 1. The molecule has 4 atom stereocenters. The maximum absolute atomic E-state index is 12.4. The number of carbonyl (C=O) groups excluding carboxylic acids is 7. The Kier molecular flexibility index (Phi) is 21.6. The summed E-state index contributed by atoms with van der Waals surface area (Å²) in [6.07, 6.45) is 3.76. The number of esters is 1. The molecule has 0 saturated carbocycles. The van der Waals surface area contributed by atoms with Crippen LogP contribution in [0.2, 0.25) is 0 Å². The van der Waals surface area contributed by atoms with Gasteiger partial charge in [-0.25, -0.2) is 0 Å². The van der Waals surface area contributed by atoms with Crippen molar-refractivity contribution in [3.8, 4) is 0 Å². The summed E-state index contributed by atoms with van der Waals surface area (Å²) >= 11 is 11.7. The molecule has 0 spiro atoms. The van der Waals surface area contributed by atoms with Gasteiger partial charge >= 0.3 is 5.97 Å². The van der Waals surface area contributed by atoms with E-state index in [4.69, 9.17) is 16.5 Å². The van der Waals surface area contributed by atoms with Gasteiger partial charge in [0.1, 0.15) is 23.8 Å². The number of rotatable bonds is 17. The van der Waals surface area contributed by atoms with Crippen molar-refractivity contribution >= 4 is 109 Å². The number of aliphatic carboxylic acids is 3. The van der Waals surface area contributed by atoms with E-state index in [1.54, 1.807) is 6.92 Å². The van der Waals surface area contributed by atoms with E-state index in [1.807, 2.05) is 6.92 Å². The van der Waals surface area contributed by atoms with Crippen LogP contribution in [0.1, 0.15) is 59.3 Å². The van der Waals surface area contributed by atoms with Crippen LogP contribution in [0, 0.1) is 5.92 Å². The summed E-state index contributed by atoms with van der Waals surface area (Å²) in [7, 11) is 1.74. The van der Waals surface area contributed by atoms with Crippen LogP contribution >= 0.6 is 38.2 Å². The Morgan fingerprint density at radius 3 is 2.16 bits per heavy atom. The highest BCUT2D eigenvalue weighted by atomic mass is 32.4. The summed E-state index contributed by atoms with van der Waals surface area (Å²) in [6, 6.07) is -1.39. The fraction of sp³-hybridized carbons (Fsp3) is 0.600. The molecule has 3 aliphatic heterocycles. The minimum Gasteiger partial charge on any atom is -0.548 e. The quantitative estimate of drug-likeness (QED) is 0.115. The lowest BCUT2D eigenvalue weighted by atomic mass is 9.89. The maximum Gasteiger partial charge on any atom is 0.306 e. The average molecular weight is 807 g/mol. The van der Waals surface area contributed by atoms with Crippen LogP contribution in [-0.2, 0) is 61.9 Å². The Balaban J connectivity index is 0.000000464. The number of nitrogens with zero attached hydrogens (tertiary/aromatic N) is 2. The first-order chi connectivity index (χ1) is 23.7. The third-order valence-electron chi connectivity index (χ3n) is 6.82. The molecule has 0 aromatic heterocycles. The van der Waals surface area contributed by atoms with Crippen LogP contribution in [-0.4, -0.2) is 99.3 Å². The van der Waals surface area contributed by atoms with Crippen molar-refractivity contribution in [3.05, 3.63) is 23.4 Å². The normalized spacial score (nSPS) is 20.1. The van der Waals surface area contributed by atoms with Gasteiger partial charge in [0.2, 0.25) is 11.8 Å². The largest absolute Gasteiger partial charge is 0.548 e. The lowest BCUT2D eigenvalue weighted by Crippen LogP contribution is -2.63. The van der Waals surface area contributed by atoms with Gasteiger partial charge in [-0.3, -0.25) is 29.1 Å². The summed E-state index contributed by atoms with van der Waals surface area (Å²) in [6.45, 7) is 9.06. The molecule has 20 heteroatoms. The molecule has 3 rings (SSSR count). The van der Waals surface area contributed by atoms with Gasteiger partial charge < -0.3 is 39.8 Å². The third kappa shape index (κ3) is 14.2. The van der Waals surface area contributed by atoms with E-state index in [9.17, 15) is 48.9 Å². The van der Waals surface area contributed by atoms with E-state index in [1.165, 1.54) is 16.7 Å². The third-order valence-corrected chi connectivity index (χ3v) is 11.4. The molecule has 0 bridgehead atoms. The number of hydrogen-bond acceptors (Lipinski definition) is 16. The second kappa shape index (κ2) is 23.8. The van der Waals surface area contributed by atoms with Crippen LogP contribution in [0.15, 0.2) is 28.4 Å². The monoisotopic (exact) mass is 806 g/mol. The number of Topliss-reactive ketones (excluding diaryl/α,β-unsaturated/α-hetero) is 1. The standard InChI is InChI=1S/C16H20NO6PS2.C12H16N2O5S.C2H5PS/c1-2-3-10(18)6-11-14(20)17-13(16(21)22)9(8-26-15(11)17)7-23-12(19)4-5-24-25;1-3-4-7(15)13-9(12(18)19)10-14-8(11(16)17)6(2)5-20-10;1-2-3-4/h11,15H,2-8H2,1H3,(H,21,22);9-10H,2-5H2,1H3,(H,13,15)(H,16,17)(H,18,19);2H2,1H3/p-3. The highest BCUT2D eigenvalue weighted by molar-refractivity contribution is 8.00. The van der Waals surface area contributed by atoms with Gasteiger partial charge in [0.25, 0.3) is 0 Å². The number of carbonyl (C=O) groups is 7. The summed E-state index contributed by atoms with van der Waals surface area (Å²) in [4.78, 5) is 85.8. The highest BCUT2D eigenvalue weighted by Crippen LogP contribution is 2.45. The smallest absolute Gasteiger partial charge is 0.306 e. The first-order valence-corrected chi connectivity index (χ1v) is 21.7. The first-order valence-electron chi connectivity index (χ1n) is 15.4. The molecule has 0 aromatic rings. The highest BCUT2D eigenvalue weighted by Gasteiger charge is 2.52. The van der Waals surface area contributed by atoms with Crippen LogP contribution in [0.25, 0.3) is 0 Å². The zero-order valence-electron chi connectivity index (χ0n) is 27.7. The second-order valence-electron chi connectivity index (χ2n) is 10.6. The number of hydrogen-bond donors (Lipinski definition) is 1. The Hall–Kier alpha value is -2.62. The van der Waals surface area contributed by atoms with E-state index in [2.05, 4.69) is 35.6 Å². The van der Waals surface area contributed by atoms with Gasteiger partial charge in [-0.15, -0.1) is 23.5 Å². The molecule has 1 fully saturated rings. The van der Waals surface area contributed by atoms with Crippen molar-refractivity contribution in [1.29, 1.82) is 0 Å². The molecule has 1 saturated heterocycles. The molecular weight excluding hydrogens is 769 g/mol. The van der Waals surface area contributed by atoms with Crippen molar-refractivity contribution in [2.75, 3.05) is 30.4 Å². The maximum atomic E-state index is 12.4. The van der Waals surface area contributed by atoms with Crippen LogP contribution in [0.3, 0.4) is 0 Å². The molecule has 14 nitrogen and oxygen atoms in total. The van der Waals surface area contributed by atoms with E-state index in [0.29, 0.717) is 44.1 Å². The van der Waals surface area contributed by atoms with Crippen molar-refractivity contribution in [2.24, 2.45) is 10.9 Å². The molecule has 2 amide bonds. The summed E-state index contributed by atoms with van der Waals surface area (Å²) in [5, 5.41) is 34.5. The predicted octanol–water partition coefficient (Wildman–Crippen LogP) is -0.122. The Labute approximate surface area is 312 Å². The molecule has 1 N–H and O–H groups in total. The van der Waals surface area contributed by atoms with Crippen LogP contribution in [0.4, 0.5) is 0 Å². The lowest BCUT2D eigenvalue weighted by Gasteiger charge is -2.50. The molecule has 3 aliphatic rings. The number of thioether (sulfide) groups is 2. The van der Waals surface area contributed by atoms with E-state index in [-0.39, 0.29) is 65.7 Å². The number of carboxylic acid groups (broad SMARTS) is 3. The van der Waals surface area contributed by atoms with Crippen LogP contribution in [0.5, 0.6) is 0 Å². The number of β-lactam (4-membered cyclic amide) rings is 1. The van der Waals surface area contributed by atoms with Gasteiger partial charge in [-0.05, 0) is 39.3 Å². The van der Waals surface area contributed by atoms with E-state index < -0.39 is 47.1 Å². The second-order valence-corrected chi connectivity index (χ2v) is 16.0. The van der Waals surface area contributed by atoms with Gasteiger partial charge in [-0.1, -0.05) is 51.0 Å². The number of fused-ring (bicyclic) bond motifs is 1. The summed E-state index contributed by atoms with van der Waals surface area (Å²) < 4.78 is 5.09. The van der Waals surface area contributed by atoms with Gasteiger partial charge in [-0.2, -0.15) is 0 Å². The average Bonchev–Trinajstić information content (AvgIpc) is 3.07. The van der Waals surface area contributed by atoms with Gasteiger partial charge in [0, 0.05) is 42.5 Å². The molecule has 0 aliphatic carbocycles. The van der Waals surface area contributed by atoms with Gasteiger partial charge in [0.15, 0.2) is 0 Å². The number of carboxylic acids is 3. The zero-order valence-corrected chi connectivity index (χ0v) is 32.8. The fourth-order valence-corrected chi connectivity index (χ4v) is 7.52. The molecule has 50 heavy (non-hydrogen) atoms. The SMILES string of the molecule is C=C1CSC(C(NC(=O)CCC)C(=O)[O-])N=C1C(=O)[O-].CCCC(=O)CC1C(=O)N2C(C(=O)[O-])=C(COC(=O)CCP=S)CSC12.CCP=S. The minimum atomic E-state index is -1.52. The Morgan fingerprint density at radius 2 is 1.64 bits per heavy atom. The Bertz CT molecular complexity index is 1410. The fourth-order valence-electron chi connectivity index (χ4n) is 4.52. The minimum absolute atomic E-state index is 0.00540. The molecule has 3 heterocycles. The molecule has 0 aromatic carbocycles. The summed E-state index contributed by atoms with van der Waals surface area (Å²) in [5.41, 5.74) is -0.0117.